The maximum atomic E-state index is 12.4. The average Bonchev–Trinajstić information content (AvgIpc) is 3.12. The summed E-state index contributed by atoms with van der Waals surface area (Å²) in [6.07, 6.45) is 0.569. The monoisotopic (exact) mass is 417 g/mol. The van der Waals surface area contributed by atoms with E-state index in [-0.39, 0.29) is 11.2 Å². The van der Waals surface area contributed by atoms with E-state index in [1.165, 1.54) is 27.2 Å². The fourth-order valence-corrected chi connectivity index (χ4v) is 4.08. The molecule has 1 atom stereocenters. The molecule has 0 spiro atoms. The van der Waals surface area contributed by atoms with Crippen molar-refractivity contribution in [3.63, 3.8) is 0 Å². The number of nitrogens with zero attached hydrogens (tertiary/aromatic N) is 3. The van der Waals surface area contributed by atoms with Crippen LogP contribution < -0.4 is 11.2 Å². The fourth-order valence-electron chi connectivity index (χ4n) is 3.27. The van der Waals surface area contributed by atoms with Crippen molar-refractivity contribution in [2.75, 3.05) is 5.84 Å². The maximum Gasteiger partial charge on any atom is 0.233 e. The van der Waals surface area contributed by atoms with E-state index in [9.17, 15) is 4.79 Å². The lowest BCUT2D eigenvalue weighted by Gasteiger charge is -2.12. The van der Waals surface area contributed by atoms with Gasteiger partial charge in [-0.2, -0.15) is 0 Å². The number of aromatic nitrogens is 3. The molecule has 0 fully saturated rings. The molecule has 4 aromatic rings. The highest BCUT2D eigenvalue weighted by molar-refractivity contribution is 8.00. The van der Waals surface area contributed by atoms with Gasteiger partial charge in [-0.1, -0.05) is 84.6 Å². The Labute approximate surface area is 179 Å². The Morgan fingerprint density at radius 3 is 2.60 bits per heavy atom. The molecule has 152 valence electrons. The summed E-state index contributed by atoms with van der Waals surface area (Å²) in [4.78, 5) is 12.4. The van der Waals surface area contributed by atoms with Gasteiger partial charge in [0.1, 0.15) is 0 Å². The van der Waals surface area contributed by atoms with Gasteiger partial charge in [-0.25, -0.2) is 4.68 Å². The Hall–Kier alpha value is -3.32. The predicted molar refractivity (Wildman–Crippen MR) is 121 cm³/mol. The summed E-state index contributed by atoms with van der Waals surface area (Å²) in [5, 5.41) is 13.9. The van der Waals surface area contributed by atoms with Crippen molar-refractivity contribution in [2.45, 2.75) is 30.3 Å². The molecule has 30 heavy (non-hydrogen) atoms. The van der Waals surface area contributed by atoms with E-state index in [1.807, 2.05) is 55.5 Å². The normalized spacial score (nSPS) is 12.0. The fraction of sp³-hybridized carbons (Fsp3) is 0.174. The highest BCUT2D eigenvalue weighted by atomic mass is 32.2. The topological polar surface area (TPSA) is 85.8 Å². The minimum absolute atomic E-state index is 0.0672. The zero-order chi connectivity index (χ0) is 20.9. The van der Waals surface area contributed by atoms with E-state index < -0.39 is 0 Å². The summed E-state index contributed by atoms with van der Waals surface area (Å²) in [5.41, 5.74) is 2.19. The van der Waals surface area contributed by atoms with E-state index in [0.717, 1.165) is 11.1 Å². The number of thioether (sulfide) groups is 1. The minimum Gasteiger partial charge on any atom is -0.351 e. The number of fused-ring (bicyclic) bond motifs is 1. The highest BCUT2D eigenvalue weighted by Crippen LogP contribution is 2.24. The van der Waals surface area contributed by atoms with Gasteiger partial charge in [-0.05, 0) is 28.8 Å². The van der Waals surface area contributed by atoms with Crippen LogP contribution in [0.3, 0.4) is 0 Å². The van der Waals surface area contributed by atoms with Crippen LogP contribution in [0.4, 0.5) is 0 Å². The largest absolute Gasteiger partial charge is 0.351 e. The molecule has 1 heterocycles. The highest BCUT2D eigenvalue weighted by Gasteiger charge is 2.19. The second kappa shape index (κ2) is 9.00. The summed E-state index contributed by atoms with van der Waals surface area (Å²) in [7, 11) is 0. The lowest BCUT2D eigenvalue weighted by molar-refractivity contribution is -0.120. The zero-order valence-electron chi connectivity index (χ0n) is 16.7. The molecular formula is C23H23N5OS. The molecule has 4 rings (SSSR count). The number of nitrogens with two attached hydrogens (primary N) is 1. The van der Waals surface area contributed by atoms with Gasteiger partial charge in [-0.3, -0.25) is 4.79 Å². The summed E-state index contributed by atoms with van der Waals surface area (Å²) in [6, 6.07) is 24.2. The van der Waals surface area contributed by atoms with Crippen LogP contribution >= 0.6 is 11.8 Å². The van der Waals surface area contributed by atoms with Crippen LogP contribution in [-0.4, -0.2) is 26.0 Å². The van der Waals surface area contributed by atoms with E-state index >= 15 is 0 Å². The lowest BCUT2D eigenvalue weighted by atomic mass is 10.0. The van der Waals surface area contributed by atoms with Crippen molar-refractivity contribution >= 4 is 28.4 Å². The third-order valence-electron chi connectivity index (χ3n) is 4.92. The summed E-state index contributed by atoms with van der Waals surface area (Å²) in [6.45, 7) is 2.33. The van der Waals surface area contributed by atoms with Crippen LogP contribution in [0.1, 0.15) is 23.9 Å². The number of carbonyl (C=O) groups excluding carboxylic acids is 1. The molecule has 3 N–H and O–H groups in total. The molecule has 7 heteroatoms. The van der Waals surface area contributed by atoms with E-state index in [1.54, 1.807) is 0 Å². The van der Waals surface area contributed by atoms with Crippen molar-refractivity contribution in [2.24, 2.45) is 0 Å². The van der Waals surface area contributed by atoms with Gasteiger partial charge >= 0.3 is 0 Å². The number of hydrogen-bond acceptors (Lipinski definition) is 5. The van der Waals surface area contributed by atoms with Gasteiger partial charge in [-0.15, -0.1) is 10.2 Å². The van der Waals surface area contributed by atoms with Gasteiger partial charge in [0.25, 0.3) is 0 Å². The molecule has 6 nitrogen and oxygen atoms in total. The first-order valence-corrected chi connectivity index (χ1v) is 10.6. The molecule has 0 aliphatic carbocycles. The van der Waals surface area contributed by atoms with Gasteiger partial charge in [0.2, 0.25) is 11.1 Å². The van der Waals surface area contributed by atoms with Crippen LogP contribution in [0.2, 0.25) is 0 Å². The van der Waals surface area contributed by atoms with Crippen molar-refractivity contribution < 1.29 is 4.79 Å². The smallest absolute Gasteiger partial charge is 0.233 e. The Kier molecular flexibility index (Phi) is 5.99. The third kappa shape index (κ3) is 4.46. The molecule has 1 aromatic heterocycles. The average molecular weight is 418 g/mol. The van der Waals surface area contributed by atoms with Crippen molar-refractivity contribution in [3.8, 4) is 0 Å². The number of carbonyl (C=O) groups is 1. The van der Waals surface area contributed by atoms with Gasteiger partial charge in [0.15, 0.2) is 5.82 Å². The van der Waals surface area contributed by atoms with Crippen LogP contribution in [0, 0.1) is 0 Å². The Morgan fingerprint density at radius 1 is 1.03 bits per heavy atom. The third-order valence-corrected chi connectivity index (χ3v) is 5.98. The summed E-state index contributed by atoms with van der Waals surface area (Å²) in [5.74, 6) is 6.84. The number of rotatable bonds is 7. The van der Waals surface area contributed by atoms with E-state index in [2.05, 4.69) is 39.8 Å². The van der Waals surface area contributed by atoms with Gasteiger partial charge in [0.05, 0.1) is 5.25 Å². The van der Waals surface area contributed by atoms with Crippen LogP contribution in [0.25, 0.3) is 10.8 Å². The number of hydrogen-bond donors (Lipinski definition) is 2. The number of amides is 1. The standard InChI is InChI=1S/C23H23N5OS/c1-16(22(29)25-15-17-8-3-2-4-9-17)30-23-27-26-21(28(23)24)14-19-12-7-11-18-10-5-6-13-20(18)19/h2-13,16H,14-15,24H2,1H3,(H,25,29)/t16-/m1/s1. The number of benzene rings is 3. The molecule has 0 unspecified atom stereocenters. The van der Waals surface area contributed by atoms with E-state index in [0.29, 0.717) is 23.9 Å². The number of nitrogens with one attached hydrogen (secondary N) is 1. The Balaban J connectivity index is 1.42. The van der Waals surface area contributed by atoms with Crippen molar-refractivity contribution in [1.82, 2.24) is 20.2 Å². The van der Waals surface area contributed by atoms with Crippen LogP contribution in [0.15, 0.2) is 78.0 Å². The van der Waals surface area contributed by atoms with Crippen molar-refractivity contribution in [3.05, 3.63) is 89.7 Å². The molecule has 1 amide bonds. The van der Waals surface area contributed by atoms with Crippen LogP contribution in [-0.2, 0) is 17.8 Å². The quantitative estimate of drug-likeness (QED) is 0.355. The van der Waals surface area contributed by atoms with E-state index in [4.69, 9.17) is 5.84 Å². The maximum absolute atomic E-state index is 12.4. The molecule has 0 saturated carbocycles. The molecule has 0 bridgehead atoms. The minimum atomic E-state index is -0.342. The first-order valence-electron chi connectivity index (χ1n) is 9.76. The molecule has 0 aliphatic rings. The molecule has 0 aliphatic heterocycles. The van der Waals surface area contributed by atoms with Gasteiger partial charge in [0, 0.05) is 13.0 Å². The SMILES string of the molecule is C[C@@H](Sc1nnc(Cc2cccc3ccccc23)n1N)C(=O)NCc1ccccc1. The lowest BCUT2D eigenvalue weighted by Crippen LogP contribution is -2.30. The van der Waals surface area contributed by atoms with Crippen molar-refractivity contribution in [1.29, 1.82) is 0 Å². The second-order valence-corrected chi connectivity index (χ2v) is 8.36. The summed E-state index contributed by atoms with van der Waals surface area (Å²) < 4.78 is 1.48. The Bertz CT molecular complexity index is 1150. The zero-order valence-corrected chi connectivity index (χ0v) is 17.5. The first kappa shape index (κ1) is 20.0. The number of nitrogen functional groups attached to an aromatic ring is 1. The van der Waals surface area contributed by atoms with Gasteiger partial charge < -0.3 is 11.2 Å². The molecule has 0 radical (unpaired) electrons. The Morgan fingerprint density at radius 2 is 1.77 bits per heavy atom. The first-order chi connectivity index (χ1) is 14.6. The molecule has 3 aromatic carbocycles. The van der Waals surface area contributed by atoms with Crippen LogP contribution in [0.5, 0.6) is 0 Å². The predicted octanol–water partition coefficient (Wildman–Crippen LogP) is 3.53. The molecular weight excluding hydrogens is 394 g/mol. The molecule has 0 saturated heterocycles. The summed E-state index contributed by atoms with van der Waals surface area (Å²) >= 11 is 1.30. The second-order valence-electron chi connectivity index (χ2n) is 7.05.